The number of rotatable bonds is 14. The maximum Gasteiger partial charge on any atom is 0.407 e. The Balaban J connectivity index is 1.46. The van der Waals surface area contributed by atoms with Crippen molar-refractivity contribution in [2.45, 2.75) is 42.8 Å². The Kier molecular flexibility index (Phi) is 11.9. The largest absolute Gasteiger partial charge is 0.453 e. The molecule has 45 heavy (non-hydrogen) atoms. The van der Waals surface area contributed by atoms with E-state index in [9.17, 15) is 18.0 Å². The summed E-state index contributed by atoms with van der Waals surface area (Å²) in [5.74, 6) is -0.727. The van der Waals surface area contributed by atoms with E-state index in [2.05, 4.69) is 21.3 Å². The number of sulfonamides is 1. The predicted molar refractivity (Wildman–Crippen MR) is 175 cm³/mol. The van der Waals surface area contributed by atoms with Crippen molar-refractivity contribution in [3.8, 4) is 0 Å². The van der Waals surface area contributed by atoms with E-state index in [4.69, 9.17) is 10.5 Å². The highest BCUT2D eigenvalue weighted by Gasteiger charge is 2.39. The van der Waals surface area contributed by atoms with E-state index in [1.165, 1.54) is 19.2 Å². The molecular weight excluding hydrogens is 592 g/mol. The molecule has 1 aliphatic rings. The van der Waals surface area contributed by atoms with E-state index >= 15 is 0 Å². The zero-order chi connectivity index (χ0) is 32.4. The lowest BCUT2D eigenvalue weighted by Gasteiger charge is -2.33. The van der Waals surface area contributed by atoms with Crippen LogP contribution in [0.1, 0.15) is 30.9 Å². The average Bonchev–Trinajstić information content (AvgIpc) is 3.50. The summed E-state index contributed by atoms with van der Waals surface area (Å²) < 4.78 is 33.9. The second-order valence-corrected chi connectivity index (χ2v) is 13.4. The number of methoxy groups -OCH3 is 1. The van der Waals surface area contributed by atoms with Crippen LogP contribution in [0.25, 0.3) is 0 Å². The number of nitrogens with one attached hydrogen (secondary N) is 4. The van der Waals surface area contributed by atoms with Crippen LogP contribution < -0.4 is 27.0 Å². The maximum absolute atomic E-state index is 13.7. The Morgan fingerprint density at radius 2 is 1.53 bits per heavy atom. The third-order valence-electron chi connectivity index (χ3n) is 7.81. The lowest BCUT2D eigenvalue weighted by atomic mass is 9.84. The van der Waals surface area contributed by atoms with Gasteiger partial charge in [-0.1, -0.05) is 74.5 Å². The number of alkyl carbamates (subject to hydrolysis) is 1. The van der Waals surface area contributed by atoms with E-state index in [0.29, 0.717) is 31.9 Å². The summed E-state index contributed by atoms with van der Waals surface area (Å²) in [5, 5.41) is 12.5. The van der Waals surface area contributed by atoms with Gasteiger partial charge in [-0.25, -0.2) is 13.2 Å². The number of ether oxygens (including phenoxy) is 1. The van der Waals surface area contributed by atoms with Crippen molar-refractivity contribution in [3.63, 3.8) is 0 Å². The summed E-state index contributed by atoms with van der Waals surface area (Å²) >= 11 is 0. The van der Waals surface area contributed by atoms with Gasteiger partial charge in [-0.2, -0.15) is 4.31 Å². The summed E-state index contributed by atoms with van der Waals surface area (Å²) in [7, 11) is -2.52. The van der Waals surface area contributed by atoms with Crippen LogP contribution in [0, 0.1) is 5.92 Å². The molecule has 4 rings (SSSR count). The summed E-state index contributed by atoms with van der Waals surface area (Å²) in [6.07, 6.45) is -0.711. The molecule has 0 saturated carbocycles. The number of nitrogens with two attached hydrogens (primary N) is 1. The van der Waals surface area contributed by atoms with Gasteiger partial charge in [0.1, 0.15) is 6.04 Å². The number of carbonyl (C=O) groups excluding carboxylic acids is 2. The van der Waals surface area contributed by atoms with Gasteiger partial charge in [-0.05, 0) is 41.3 Å². The van der Waals surface area contributed by atoms with Gasteiger partial charge in [0.2, 0.25) is 15.9 Å². The molecule has 0 unspecified atom stereocenters. The Morgan fingerprint density at radius 1 is 0.933 bits per heavy atom. The van der Waals surface area contributed by atoms with Gasteiger partial charge in [0.25, 0.3) is 0 Å². The third kappa shape index (κ3) is 8.82. The molecule has 1 saturated heterocycles. The van der Waals surface area contributed by atoms with Gasteiger partial charge in [0.05, 0.1) is 18.0 Å². The second-order valence-electron chi connectivity index (χ2n) is 11.5. The Bertz CT molecular complexity index is 1450. The fourth-order valence-electron chi connectivity index (χ4n) is 5.66. The van der Waals surface area contributed by atoms with Gasteiger partial charge in [0.15, 0.2) is 0 Å². The molecule has 242 valence electrons. The van der Waals surface area contributed by atoms with Crippen molar-refractivity contribution in [2.24, 2.45) is 5.92 Å². The molecule has 0 radical (unpaired) electrons. The minimum atomic E-state index is -3.78. The molecule has 0 aliphatic carbocycles. The molecule has 6 N–H and O–H groups in total. The fraction of sp³-hybridized carbons (Fsp3) is 0.394. The van der Waals surface area contributed by atoms with Crippen molar-refractivity contribution < 1.29 is 22.7 Å². The van der Waals surface area contributed by atoms with Crippen LogP contribution in [0.4, 0.5) is 10.5 Å². The van der Waals surface area contributed by atoms with Gasteiger partial charge in [-0.15, -0.1) is 0 Å². The van der Waals surface area contributed by atoms with Gasteiger partial charge >= 0.3 is 6.09 Å². The number of nitrogen functional groups attached to an aromatic ring is 1. The van der Waals surface area contributed by atoms with Crippen molar-refractivity contribution in [3.05, 3.63) is 96.1 Å². The van der Waals surface area contributed by atoms with Crippen LogP contribution in [-0.2, 0) is 19.6 Å². The number of amides is 2. The Labute approximate surface area is 266 Å². The van der Waals surface area contributed by atoms with Crippen LogP contribution in [0.15, 0.2) is 89.8 Å². The molecule has 0 aromatic heterocycles. The maximum atomic E-state index is 13.7. The van der Waals surface area contributed by atoms with Gasteiger partial charge in [-0.3, -0.25) is 4.79 Å². The van der Waals surface area contributed by atoms with E-state index in [-0.39, 0.29) is 35.3 Å². The average molecular weight is 637 g/mol. The predicted octanol–water partition coefficient (Wildman–Crippen LogP) is 2.52. The summed E-state index contributed by atoms with van der Waals surface area (Å²) in [6.45, 7) is 6.04. The lowest BCUT2D eigenvalue weighted by Crippen LogP contribution is -2.54. The number of hydrogen-bond acceptors (Lipinski definition) is 8. The first-order chi connectivity index (χ1) is 21.6. The molecule has 2 amide bonds. The van der Waals surface area contributed by atoms with Crippen LogP contribution in [0.2, 0.25) is 0 Å². The first-order valence-corrected chi connectivity index (χ1v) is 16.6. The number of nitrogens with zero attached hydrogens (tertiary/aromatic N) is 1. The van der Waals surface area contributed by atoms with Crippen LogP contribution in [0.3, 0.4) is 0 Å². The smallest absolute Gasteiger partial charge is 0.407 e. The standard InChI is InChI=1S/C33H44N6O5S/c1-23(2)22-39(45(42,43)27-16-14-26(34)15-17-27)29-21-35-20-28(29)36-18-19-37-32(40)31(38-33(41)44-3)30(24-10-6-4-7-11-24)25-12-8-5-9-13-25/h4-17,23,28-31,35-36H,18-22,34H2,1-3H3,(H,37,40)(H,38,41)/t28-,29-,31+/m1/s1. The second kappa shape index (κ2) is 15.8. The zero-order valence-electron chi connectivity index (χ0n) is 26.0. The van der Waals surface area contributed by atoms with E-state index < -0.39 is 28.1 Å². The molecule has 12 heteroatoms. The minimum absolute atomic E-state index is 0.107. The van der Waals surface area contributed by atoms with Crippen LogP contribution in [-0.4, -0.2) is 82.7 Å². The highest BCUT2D eigenvalue weighted by molar-refractivity contribution is 7.89. The van der Waals surface area contributed by atoms with Gasteiger partial charge in [0, 0.05) is 50.4 Å². The van der Waals surface area contributed by atoms with Gasteiger partial charge < -0.3 is 31.7 Å². The number of carbonyl (C=O) groups is 2. The van der Waals surface area contributed by atoms with Crippen molar-refractivity contribution >= 4 is 27.7 Å². The Morgan fingerprint density at radius 3 is 2.09 bits per heavy atom. The zero-order valence-corrected chi connectivity index (χ0v) is 26.8. The molecule has 1 fully saturated rings. The number of hydrogen-bond donors (Lipinski definition) is 5. The molecule has 0 bridgehead atoms. The van der Waals surface area contributed by atoms with Crippen LogP contribution >= 0.6 is 0 Å². The Hall–Kier alpha value is -3.97. The SMILES string of the molecule is COC(=O)N[C@H](C(=O)NCCN[C@@H]1CNC[C@H]1N(CC(C)C)S(=O)(=O)c1ccc(N)cc1)C(c1ccccc1)c1ccccc1. The molecule has 3 aromatic carbocycles. The first-order valence-electron chi connectivity index (χ1n) is 15.2. The molecule has 1 aliphatic heterocycles. The molecule has 3 atom stereocenters. The fourth-order valence-corrected chi connectivity index (χ4v) is 7.48. The summed E-state index contributed by atoms with van der Waals surface area (Å²) in [5.41, 5.74) is 8.03. The normalized spacial score (nSPS) is 17.4. The summed E-state index contributed by atoms with van der Waals surface area (Å²) in [6, 6.07) is 23.9. The van der Waals surface area contributed by atoms with Crippen molar-refractivity contribution in [1.82, 2.24) is 25.6 Å². The highest BCUT2D eigenvalue weighted by atomic mass is 32.2. The lowest BCUT2D eigenvalue weighted by molar-refractivity contribution is -0.123. The van der Waals surface area contributed by atoms with Crippen LogP contribution in [0.5, 0.6) is 0 Å². The molecule has 0 spiro atoms. The van der Waals surface area contributed by atoms with E-state index in [0.717, 1.165) is 11.1 Å². The molecule has 1 heterocycles. The third-order valence-corrected chi connectivity index (χ3v) is 9.71. The van der Waals surface area contributed by atoms with E-state index in [1.807, 2.05) is 74.5 Å². The monoisotopic (exact) mass is 636 g/mol. The quantitative estimate of drug-likeness (QED) is 0.134. The topological polar surface area (TPSA) is 155 Å². The highest BCUT2D eigenvalue weighted by Crippen LogP contribution is 2.29. The van der Waals surface area contributed by atoms with E-state index in [1.54, 1.807) is 16.4 Å². The molecule has 11 nitrogen and oxygen atoms in total. The number of benzene rings is 3. The number of anilines is 1. The summed E-state index contributed by atoms with van der Waals surface area (Å²) in [4.78, 5) is 26.2. The minimum Gasteiger partial charge on any atom is -0.453 e. The van der Waals surface area contributed by atoms with Crippen molar-refractivity contribution in [1.29, 1.82) is 0 Å². The van der Waals surface area contributed by atoms with Crippen molar-refractivity contribution in [2.75, 3.05) is 45.6 Å². The molecular formula is C33H44N6O5S. The first kappa shape index (κ1) is 33.9. The molecule has 3 aromatic rings.